The number of rotatable bonds is 1. The number of aromatic hydroxyl groups is 1. The van der Waals surface area contributed by atoms with Gasteiger partial charge in [-0.25, -0.2) is 9.50 Å². The monoisotopic (exact) mass is 225 g/mol. The van der Waals surface area contributed by atoms with Crippen LogP contribution < -0.4 is 0 Å². The minimum Gasteiger partial charge on any atom is -0.508 e. The zero-order valence-corrected chi connectivity index (χ0v) is 9.33. The molecule has 4 heteroatoms. The molecular weight excluding hydrogens is 214 g/mol. The van der Waals surface area contributed by atoms with Gasteiger partial charge in [0.05, 0.1) is 5.69 Å². The van der Waals surface area contributed by atoms with Gasteiger partial charge in [0.15, 0.2) is 5.65 Å². The molecule has 0 saturated carbocycles. The van der Waals surface area contributed by atoms with Crippen molar-refractivity contribution in [2.24, 2.45) is 0 Å². The van der Waals surface area contributed by atoms with E-state index in [0.717, 1.165) is 22.5 Å². The molecule has 3 aromatic rings. The second-order valence-corrected chi connectivity index (χ2v) is 3.90. The molecule has 0 bridgehead atoms. The summed E-state index contributed by atoms with van der Waals surface area (Å²) in [6.45, 7) is 1.94. The first-order valence-electron chi connectivity index (χ1n) is 5.35. The molecule has 17 heavy (non-hydrogen) atoms. The van der Waals surface area contributed by atoms with Gasteiger partial charge in [0.1, 0.15) is 5.75 Å². The normalized spacial score (nSPS) is 10.9. The molecular formula is C13H11N3O. The molecule has 2 aromatic heterocycles. The van der Waals surface area contributed by atoms with Crippen LogP contribution in [0.5, 0.6) is 5.75 Å². The summed E-state index contributed by atoms with van der Waals surface area (Å²) in [7, 11) is 0. The van der Waals surface area contributed by atoms with Crippen LogP contribution in [0.15, 0.2) is 42.7 Å². The molecule has 3 rings (SSSR count). The van der Waals surface area contributed by atoms with Crippen molar-refractivity contribution in [2.45, 2.75) is 6.92 Å². The largest absolute Gasteiger partial charge is 0.508 e. The van der Waals surface area contributed by atoms with Gasteiger partial charge in [0.25, 0.3) is 0 Å². The van der Waals surface area contributed by atoms with E-state index in [9.17, 15) is 5.11 Å². The molecule has 0 radical (unpaired) electrons. The quantitative estimate of drug-likeness (QED) is 0.691. The fourth-order valence-electron chi connectivity index (χ4n) is 2.00. The molecule has 0 atom stereocenters. The summed E-state index contributed by atoms with van der Waals surface area (Å²) in [5.41, 5.74) is 3.59. The van der Waals surface area contributed by atoms with Gasteiger partial charge in [0, 0.05) is 18.0 Å². The molecule has 0 spiro atoms. The van der Waals surface area contributed by atoms with Crippen LogP contribution in [-0.4, -0.2) is 19.7 Å². The average Bonchev–Trinajstić information content (AvgIpc) is 2.64. The van der Waals surface area contributed by atoms with E-state index in [4.69, 9.17) is 0 Å². The zero-order valence-electron chi connectivity index (χ0n) is 9.33. The van der Waals surface area contributed by atoms with Crippen LogP contribution in [0.25, 0.3) is 16.8 Å². The number of hydrogen-bond donors (Lipinski definition) is 1. The van der Waals surface area contributed by atoms with Crippen LogP contribution in [0.4, 0.5) is 0 Å². The first-order valence-corrected chi connectivity index (χ1v) is 5.35. The minimum absolute atomic E-state index is 0.247. The maximum atomic E-state index is 9.53. The highest BCUT2D eigenvalue weighted by Crippen LogP contribution is 2.28. The van der Waals surface area contributed by atoms with Crippen molar-refractivity contribution < 1.29 is 5.11 Å². The van der Waals surface area contributed by atoms with Gasteiger partial charge in [-0.05, 0) is 30.7 Å². The van der Waals surface area contributed by atoms with E-state index >= 15 is 0 Å². The summed E-state index contributed by atoms with van der Waals surface area (Å²) >= 11 is 0. The Morgan fingerprint density at radius 2 is 2.12 bits per heavy atom. The summed E-state index contributed by atoms with van der Waals surface area (Å²) in [5.74, 6) is 0.247. The SMILES string of the molecule is Cc1nn2cccnc2c1-c1cccc(O)c1. The first-order chi connectivity index (χ1) is 8.25. The average molecular weight is 225 g/mol. The van der Waals surface area contributed by atoms with Crippen LogP contribution in [-0.2, 0) is 0 Å². The fraction of sp³-hybridized carbons (Fsp3) is 0.0769. The highest BCUT2D eigenvalue weighted by Gasteiger charge is 2.12. The predicted molar refractivity (Wildman–Crippen MR) is 64.8 cm³/mol. The van der Waals surface area contributed by atoms with Crippen molar-refractivity contribution in [3.8, 4) is 16.9 Å². The van der Waals surface area contributed by atoms with Crippen LogP contribution >= 0.6 is 0 Å². The van der Waals surface area contributed by atoms with Gasteiger partial charge in [-0.1, -0.05) is 12.1 Å². The van der Waals surface area contributed by atoms with E-state index in [2.05, 4.69) is 10.1 Å². The number of aromatic nitrogens is 3. The Hall–Kier alpha value is -2.36. The van der Waals surface area contributed by atoms with Crippen molar-refractivity contribution in [1.82, 2.24) is 14.6 Å². The number of phenols is 1. The van der Waals surface area contributed by atoms with Crippen molar-refractivity contribution in [3.05, 3.63) is 48.4 Å². The lowest BCUT2D eigenvalue weighted by Gasteiger charge is -2.00. The zero-order chi connectivity index (χ0) is 11.8. The molecule has 0 fully saturated rings. The molecule has 4 nitrogen and oxygen atoms in total. The molecule has 1 N–H and O–H groups in total. The predicted octanol–water partition coefficient (Wildman–Crippen LogP) is 2.41. The standard InChI is InChI=1S/C13H11N3O/c1-9-12(10-4-2-5-11(17)8-10)13-14-6-3-7-16(13)15-9/h2-8,17H,1H3. The van der Waals surface area contributed by atoms with Gasteiger partial charge in [-0.2, -0.15) is 5.10 Å². The number of aryl methyl sites for hydroxylation is 1. The number of hydrogen-bond acceptors (Lipinski definition) is 3. The van der Waals surface area contributed by atoms with Crippen molar-refractivity contribution in [2.75, 3.05) is 0 Å². The smallest absolute Gasteiger partial charge is 0.163 e. The lowest BCUT2D eigenvalue weighted by atomic mass is 10.1. The maximum Gasteiger partial charge on any atom is 0.163 e. The van der Waals surface area contributed by atoms with Crippen molar-refractivity contribution in [1.29, 1.82) is 0 Å². The highest BCUT2D eigenvalue weighted by molar-refractivity contribution is 5.80. The topological polar surface area (TPSA) is 50.4 Å². The molecule has 0 saturated heterocycles. The van der Waals surface area contributed by atoms with E-state index in [-0.39, 0.29) is 5.75 Å². The number of phenolic OH excluding ortho intramolecular Hbond substituents is 1. The molecule has 0 amide bonds. The lowest BCUT2D eigenvalue weighted by Crippen LogP contribution is -1.87. The van der Waals surface area contributed by atoms with Crippen LogP contribution in [0.1, 0.15) is 5.69 Å². The van der Waals surface area contributed by atoms with Gasteiger partial charge >= 0.3 is 0 Å². The van der Waals surface area contributed by atoms with E-state index in [1.807, 2.05) is 31.3 Å². The van der Waals surface area contributed by atoms with Crippen molar-refractivity contribution in [3.63, 3.8) is 0 Å². The molecule has 0 aliphatic heterocycles. The summed E-state index contributed by atoms with van der Waals surface area (Å²) in [6.07, 6.45) is 3.60. The Kier molecular flexibility index (Phi) is 2.08. The number of nitrogens with zero attached hydrogens (tertiary/aromatic N) is 3. The summed E-state index contributed by atoms with van der Waals surface area (Å²) < 4.78 is 1.74. The summed E-state index contributed by atoms with van der Waals surface area (Å²) in [6, 6.07) is 8.97. The Labute approximate surface area is 98.2 Å². The molecule has 0 unspecified atom stereocenters. The second-order valence-electron chi connectivity index (χ2n) is 3.90. The third-order valence-corrected chi connectivity index (χ3v) is 2.71. The highest BCUT2D eigenvalue weighted by atomic mass is 16.3. The maximum absolute atomic E-state index is 9.53. The Morgan fingerprint density at radius 3 is 2.94 bits per heavy atom. The molecule has 84 valence electrons. The molecule has 0 aliphatic rings. The summed E-state index contributed by atoms with van der Waals surface area (Å²) in [4.78, 5) is 4.33. The Bertz CT molecular complexity index is 688. The van der Waals surface area contributed by atoms with Gasteiger partial charge in [0.2, 0.25) is 0 Å². The minimum atomic E-state index is 0.247. The van der Waals surface area contributed by atoms with Crippen molar-refractivity contribution >= 4 is 5.65 Å². The van der Waals surface area contributed by atoms with Crippen LogP contribution in [0.3, 0.4) is 0 Å². The summed E-state index contributed by atoms with van der Waals surface area (Å²) in [5, 5.41) is 13.9. The Balaban J connectivity index is 2.33. The van der Waals surface area contributed by atoms with E-state index in [1.165, 1.54) is 0 Å². The van der Waals surface area contributed by atoms with Gasteiger partial charge < -0.3 is 5.11 Å². The first kappa shape index (κ1) is 9.84. The molecule has 1 aromatic carbocycles. The van der Waals surface area contributed by atoms with Gasteiger partial charge in [-0.3, -0.25) is 0 Å². The fourth-order valence-corrected chi connectivity index (χ4v) is 2.00. The third-order valence-electron chi connectivity index (χ3n) is 2.71. The molecule has 0 aliphatic carbocycles. The number of fused-ring (bicyclic) bond motifs is 1. The second kappa shape index (κ2) is 3.59. The van der Waals surface area contributed by atoms with Crippen LogP contribution in [0.2, 0.25) is 0 Å². The van der Waals surface area contributed by atoms with Gasteiger partial charge in [-0.15, -0.1) is 0 Å². The lowest BCUT2D eigenvalue weighted by molar-refractivity contribution is 0.475. The number of benzene rings is 1. The Morgan fingerprint density at radius 1 is 1.24 bits per heavy atom. The van der Waals surface area contributed by atoms with E-state index in [0.29, 0.717) is 0 Å². The van der Waals surface area contributed by atoms with E-state index in [1.54, 1.807) is 22.8 Å². The molecule has 2 heterocycles. The van der Waals surface area contributed by atoms with E-state index < -0.39 is 0 Å². The van der Waals surface area contributed by atoms with Crippen LogP contribution in [0, 0.1) is 6.92 Å². The third kappa shape index (κ3) is 1.54.